The Bertz CT molecular complexity index is 1680. The van der Waals surface area contributed by atoms with E-state index in [1.807, 2.05) is 49.0 Å². The number of rotatable bonds is 12. The van der Waals surface area contributed by atoms with Crippen molar-refractivity contribution in [1.29, 1.82) is 0 Å². The zero-order chi connectivity index (χ0) is 31.4. The molecular formula is C35H40N2O6S. The van der Waals surface area contributed by atoms with Crippen molar-refractivity contribution in [2.75, 3.05) is 14.2 Å². The molecule has 1 aliphatic rings. The Labute approximate surface area is 259 Å². The van der Waals surface area contributed by atoms with E-state index in [-0.39, 0.29) is 17.2 Å². The molecule has 1 aromatic heterocycles. The van der Waals surface area contributed by atoms with E-state index in [0.29, 0.717) is 29.5 Å². The molecule has 5 rings (SSSR count). The molecule has 0 spiro atoms. The van der Waals surface area contributed by atoms with E-state index in [1.165, 1.54) is 23.3 Å². The molecule has 0 unspecified atom stereocenters. The molecular weight excluding hydrogens is 576 g/mol. The van der Waals surface area contributed by atoms with Gasteiger partial charge in [0.15, 0.2) is 0 Å². The van der Waals surface area contributed by atoms with Gasteiger partial charge in [-0.25, -0.2) is 13.1 Å². The van der Waals surface area contributed by atoms with Gasteiger partial charge in [-0.1, -0.05) is 42.0 Å². The Balaban J connectivity index is 1.33. The number of aromatic nitrogens is 1. The third-order valence-electron chi connectivity index (χ3n) is 8.54. The summed E-state index contributed by atoms with van der Waals surface area (Å²) in [6.07, 6.45) is 5.55. The summed E-state index contributed by atoms with van der Waals surface area (Å²) in [5.74, 6) is 0.930. The molecule has 8 nitrogen and oxygen atoms in total. The molecule has 44 heavy (non-hydrogen) atoms. The number of amides is 1. The van der Waals surface area contributed by atoms with Gasteiger partial charge in [0.2, 0.25) is 5.91 Å². The lowest BCUT2D eigenvalue weighted by Gasteiger charge is -2.27. The van der Waals surface area contributed by atoms with Crippen LogP contribution < -0.4 is 14.2 Å². The molecule has 0 aliphatic heterocycles. The lowest BCUT2D eigenvalue weighted by Crippen LogP contribution is -2.31. The van der Waals surface area contributed by atoms with Crippen LogP contribution in [0, 0.1) is 25.7 Å². The van der Waals surface area contributed by atoms with Crippen LogP contribution in [-0.4, -0.2) is 38.2 Å². The fraction of sp³-hybridized carbons (Fsp3) is 0.343. The van der Waals surface area contributed by atoms with E-state index in [2.05, 4.69) is 29.0 Å². The van der Waals surface area contributed by atoms with Gasteiger partial charge >= 0.3 is 0 Å². The Morgan fingerprint density at radius 1 is 0.977 bits per heavy atom. The highest BCUT2D eigenvalue weighted by atomic mass is 32.2. The molecule has 1 heterocycles. The van der Waals surface area contributed by atoms with Crippen LogP contribution in [0.1, 0.15) is 45.9 Å². The molecule has 0 saturated carbocycles. The zero-order valence-corrected chi connectivity index (χ0v) is 26.4. The second-order valence-corrected chi connectivity index (χ2v) is 13.5. The van der Waals surface area contributed by atoms with Crippen LogP contribution in [0.2, 0.25) is 0 Å². The smallest absolute Gasteiger partial charge is 0.264 e. The van der Waals surface area contributed by atoms with Crippen LogP contribution in [0.3, 0.4) is 0 Å². The summed E-state index contributed by atoms with van der Waals surface area (Å²) in [5.41, 5.74) is 5.92. The summed E-state index contributed by atoms with van der Waals surface area (Å²) in [6.45, 7) is 4.30. The number of sulfonamides is 1. The summed E-state index contributed by atoms with van der Waals surface area (Å²) in [6, 6.07) is 20.4. The number of nitrogens with zero attached hydrogens (tertiary/aromatic N) is 1. The van der Waals surface area contributed by atoms with Crippen molar-refractivity contribution < 1.29 is 27.8 Å². The van der Waals surface area contributed by atoms with Gasteiger partial charge in [0.05, 0.1) is 31.6 Å². The minimum absolute atomic E-state index is 0.0456. The summed E-state index contributed by atoms with van der Waals surface area (Å²) < 4.78 is 40.7. The van der Waals surface area contributed by atoms with E-state index < -0.39 is 22.0 Å². The third-order valence-corrected chi connectivity index (χ3v) is 9.92. The predicted octanol–water partition coefficient (Wildman–Crippen LogP) is 5.32. The standard InChI is InChI=1S/C35H40N2O6S/c1-23-9-11-31(12-10-23)44(40,41)36-34(38)18-25-13-14-37(21-25)22-30(17-26-15-27-7-5-6-8-28(27)16-26)35(39)29-19-32(42-3)24(2)33(20-29)43-4/h5-14,19-21,26,30,35,39H,15-18,22H2,1-4H3,(H,36,38)/t30-,35+/m0/s1. The molecule has 0 bridgehead atoms. The minimum Gasteiger partial charge on any atom is -0.496 e. The third kappa shape index (κ3) is 7.17. The molecule has 3 aromatic carbocycles. The highest BCUT2D eigenvalue weighted by molar-refractivity contribution is 7.90. The van der Waals surface area contributed by atoms with Gasteiger partial charge in [0.1, 0.15) is 11.5 Å². The number of aliphatic hydroxyl groups is 1. The molecule has 2 atom stereocenters. The van der Waals surface area contributed by atoms with Gasteiger partial charge in [-0.15, -0.1) is 0 Å². The van der Waals surface area contributed by atoms with Gasteiger partial charge in [-0.2, -0.15) is 0 Å². The molecule has 1 aliphatic carbocycles. The van der Waals surface area contributed by atoms with Crippen LogP contribution in [0.25, 0.3) is 0 Å². The second kappa shape index (κ2) is 13.3. The largest absolute Gasteiger partial charge is 0.496 e. The van der Waals surface area contributed by atoms with Crippen LogP contribution in [0.15, 0.2) is 84.0 Å². The lowest BCUT2D eigenvalue weighted by atomic mass is 9.85. The molecule has 1 amide bonds. The molecule has 4 aromatic rings. The number of carbonyl (C=O) groups is 1. The SMILES string of the molecule is COc1cc([C@@H](O)[C@@H](CC2Cc3ccccc3C2)Cn2ccc(CC(=O)NS(=O)(=O)c3ccc(C)cc3)c2)cc(OC)c1C. The zero-order valence-electron chi connectivity index (χ0n) is 25.6. The monoisotopic (exact) mass is 616 g/mol. The Hall–Kier alpha value is -4.08. The summed E-state index contributed by atoms with van der Waals surface area (Å²) in [7, 11) is -0.749. The van der Waals surface area contributed by atoms with Crippen molar-refractivity contribution in [1.82, 2.24) is 9.29 Å². The van der Waals surface area contributed by atoms with Gasteiger partial charge in [0, 0.05) is 30.4 Å². The number of hydrogen-bond acceptors (Lipinski definition) is 6. The molecule has 232 valence electrons. The van der Waals surface area contributed by atoms with Gasteiger partial charge in [-0.3, -0.25) is 4.79 Å². The van der Waals surface area contributed by atoms with Crippen molar-refractivity contribution in [2.45, 2.75) is 57.1 Å². The highest BCUT2D eigenvalue weighted by Crippen LogP contribution is 2.39. The highest BCUT2D eigenvalue weighted by Gasteiger charge is 2.30. The van der Waals surface area contributed by atoms with Gasteiger partial charge < -0.3 is 19.1 Å². The van der Waals surface area contributed by atoms with Crippen molar-refractivity contribution in [3.8, 4) is 11.5 Å². The van der Waals surface area contributed by atoms with Gasteiger partial charge in [-0.05, 0) is 91.6 Å². The van der Waals surface area contributed by atoms with E-state index >= 15 is 0 Å². The van der Waals surface area contributed by atoms with E-state index in [4.69, 9.17) is 9.47 Å². The molecule has 0 saturated heterocycles. The lowest BCUT2D eigenvalue weighted by molar-refractivity contribution is -0.118. The Kier molecular flexibility index (Phi) is 9.46. The number of carbonyl (C=O) groups excluding carboxylic acids is 1. The molecule has 2 N–H and O–H groups in total. The minimum atomic E-state index is -3.96. The molecule has 0 fully saturated rings. The van der Waals surface area contributed by atoms with Crippen LogP contribution in [0.5, 0.6) is 11.5 Å². The average Bonchev–Trinajstić information content (AvgIpc) is 3.62. The fourth-order valence-corrected chi connectivity index (χ4v) is 7.21. The number of fused-ring (bicyclic) bond motifs is 1. The van der Waals surface area contributed by atoms with Crippen molar-refractivity contribution in [3.05, 3.63) is 113 Å². The first-order valence-corrected chi connectivity index (χ1v) is 16.3. The predicted molar refractivity (Wildman–Crippen MR) is 169 cm³/mol. The maximum absolute atomic E-state index is 12.7. The fourth-order valence-electron chi connectivity index (χ4n) is 6.22. The Morgan fingerprint density at radius 3 is 2.18 bits per heavy atom. The quantitative estimate of drug-likeness (QED) is 0.223. The number of aryl methyl sites for hydroxylation is 1. The van der Waals surface area contributed by atoms with E-state index in [9.17, 15) is 18.3 Å². The first-order valence-electron chi connectivity index (χ1n) is 14.8. The number of ether oxygens (including phenoxy) is 2. The number of aliphatic hydroxyl groups excluding tert-OH is 1. The topological polar surface area (TPSA) is 107 Å². The maximum Gasteiger partial charge on any atom is 0.264 e. The number of hydrogen-bond donors (Lipinski definition) is 2. The first kappa shape index (κ1) is 31.3. The molecule has 0 radical (unpaired) electrons. The first-order chi connectivity index (χ1) is 21.1. The maximum atomic E-state index is 12.7. The summed E-state index contributed by atoms with van der Waals surface area (Å²) in [5, 5.41) is 11.8. The van der Waals surface area contributed by atoms with E-state index in [0.717, 1.165) is 36.0 Å². The normalized spacial score (nSPS) is 14.6. The van der Waals surface area contributed by atoms with Gasteiger partial charge in [0.25, 0.3) is 10.0 Å². The summed E-state index contributed by atoms with van der Waals surface area (Å²) >= 11 is 0. The van der Waals surface area contributed by atoms with Crippen LogP contribution >= 0.6 is 0 Å². The Morgan fingerprint density at radius 2 is 1.59 bits per heavy atom. The average molecular weight is 617 g/mol. The van der Waals surface area contributed by atoms with Crippen LogP contribution in [-0.2, 0) is 40.6 Å². The van der Waals surface area contributed by atoms with Crippen LogP contribution in [0.4, 0.5) is 0 Å². The van der Waals surface area contributed by atoms with Crippen molar-refractivity contribution >= 4 is 15.9 Å². The number of nitrogens with one attached hydrogen (secondary N) is 1. The van der Waals surface area contributed by atoms with Crippen molar-refractivity contribution in [3.63, 3.8) is 0 Å². The number of methoxy groups -OCH3 is 2. The molecule has 9 heteroatoms. The second-order valence-electron chi connectivity index (χ2n) is 11.8. The van der Waals surface area contributed by atoms with E-state index in [1.54, 1.807) is 26.4 Å². The summed E-state index contributed by atoms with van der Waals surface area (Å²) in [4.78, 5) is 12.8. The number of benzene rings is 3. The van der Waals surface area contributed by atoms with Crippen molar-refractivity contribution in [2.24, 2.45) is 11.8 Å².